The Bertz CT molecular complexity index is 547. The van der Waals surface area contributed by atoms with Crippen LogP contribution in [0.15, 0.2) is 42.5 Å². The Labute approximate surface area is 129 Å². The molecule has 1 atom stereocenters. The Kier molecular flexibility index (Phi) is 5.58. The molecule has 0 aliphatic rings. The first-order chi connectivity index (χ1) is 10.2. The minimum absolute atomic E-state index is 0.280. The highest BCUT2D eigenvalue weighted by Crippen LogP contribution is 2.30. The van der Waals surface area contributed by atoms with Crippen LogP contribution in [0.2, 0.25) is 0 Å². The third-order valence-electron chi connectivity index (χ3n) is 4.29. The van der Waals surface area contributed by atoms with Gasteiger partial charge in [0.15, 0.2) is 0 Å². The molecule has 0 fully saturated rings. The van der Waals surface area contributed by atoms with Gasteiger partial charge in [0, 0.05) is 0 Å². The molecule has 1 N–H and O–H groups in total. The predicted molar refractivity (Wildman–Crippen MR) is 91.9 cm³/mol. The van der Waals surface area contributed by atoms with Crippen LogP contribution in [0.4, 0.5) is 0 Å². The van der Waals surface area contributed by atoms with Gasteiger partial charge in [-0.15, -0.1) is 0 Å². The van der Waals surface area contributed by atoms with E-state index in [4.69, 9.17) is 0 Å². The van der Waals surface area contributed by atoms with Crippen molar-refractivity contribution >= 4 is 0 Å². The smallest absolute Gasteiger partial charge is 0.0579 e. The number of aryl methyl sites for hydroxylation is 3. The van der Waals surface area contributed by atoms with Crippen LogP contribution in [-0.4, -0.2) is 7.05 Å². The number of hydrogen-bond donors (Lipinski definition) is 1. The number of nitrogens with one attached hydrogen (secondary N) is 1. The minimum Gasteiger partial charge on any atom is -0.309 e. The Balaban J connectivity index is 2.59. The Hall–Kier alpha value is -1.60. The summed E-state index contributed by atoms with van der Waals surface area (Å²) in [6.45, 7) is 6.76. The zero-order chi connectivity index (χ0) is 15.2. The van der Waals surface area contributed by atoms with E-state index in [1.165, 1.54) is 27.8 Å². The molecule has 0 amide bonds. The van der Waals surface area contributed by atoms with Gasteiger partial charge in [-0.3, -0.25) is 0 Å². The third kappa shape index (κ3) is 3.36. The molecule has 0 radical (unpaired) electrons. The molecule has 0 heterocycles. The molecule has 1 heteroatoms. The first kappa shape index (κ1) is 15.8. The van der Waals surface area contributed by atoms with Gasteiger partial charge in [-0.25, -0.2) is 0 Å². The van der Waals surface area contributed by atoms with Crippen LogP contribution < -0.4 is 5.32 Å². The van der Waals surface area contributed by atoms with Crippen molar-refractivity contribution in [1.82, 2.24) is 5.32 Å². The van der Waals surface area contributed by atoms with Crippen LogP contribution >= 0.6 is 0 Å². The van der Waals surface area contributed by atoms with Gasteiger partial charge in [-0.2, -0.15) is 0 Å². The van der Waals surface area contributed by atoms with E-state index in [0.717, 1.165) is 19.3 Å². The second-order valence-electron chi connectivity index (χ2n) is 5.52. The van der Waals surface area contributed by atoms with Gasteiger partial charge >= 0.3 is 0 Å². The zero-order valence-corrected chi connectivity index (χ0v) is 13.7. The van der Waals surface area contributed by atoms with Crippen molar-refractivity contribution in [3.8, 4) is 0 Å². The van der Waals surface area contributed by atoms with Crippen molar-refractivity contribution in [2.24, 2.45) is 0 Å². The topological polar surface area (TPSA) is 12.0 Å². The molecular weight excluding hydrogens is 254 g/mol. The summed E-state index contributed by atoms with van der Waals surface area (Å²) in [4.78, 5) is 0. The summed E-state index contributed by atoms with van der Waals surface area (Å²) in [5.41, 5.74) is 7.23. The Morgan fingerprint density at radius 3 is 1.86 bits per heavy atom. The van der Waals surface area contributed by atoms with E-state index in [-0.39, 0.29) is 6.04 Å². The second-order valence-corrected chi connectivity index (χ2v) is 5.52. The lowest BCUT2D eigenvalue weighted by molar-refractivity contribution is 0.675. The summed E-state index contributed by atoms with van der Waals surface area (Å²) in [5, 5.41) is 3.52. The van der Waals surface area contributed by atoms with Crippen molar-refractivity contribution < 1.29 is 0 Å². The molecule has 0 aromatic heterocycles. The van der Waals surface area contributed by atoms with Gasteiger partial charge in [0.25, 0.3) is 0 Å². The summed E-state index contributed by atoms with van der Waals surface area (Å²) < 4.78 is 0. The standard InChI is InChI=1S/C20H27N/c1-5-15-13-16(6-2)19(17(7-3)14-15)20(21-4)18-11-9-8-10-12-18/h8-14,20-21H,5-7H2,1-4H3. The number of rotatable bonds is 6. The SMILES string of the molecule is CCc1cc(CC)c(C(NC)c2ccccc2)c(CC)c1. The van der Waals surface area contributed by atoms with Crippen molar-refractivity contribution in [3.63, 3.8) is 0 Å². The molecule has 2 aromatic rings. The molecular formula is C20H27N. The maximum atomic E-state index is 3.52. The second kappa shape index (κ2) is 7.42. The molecule has 0 saturated carbocycles. The van der Waals surface area contributed by atoms with Gasteiger partial charge < -0.3 is 5.32 Å². The largest absolute Gasteiger partial charge is 0.309 e. The average Bonchev–Trinajstić information content (AvgIpc) is 2.56. The molecule has 1 nitrogen and oxygen atoms in total. The fourth-order valence-electron chi connectivity index (χ4n) is 3.13. The van der Waals surface area contributed by atoms with Crippen LogP contribution in [0, 0.1) is 0 Å². The van der Waals surface area contributed by atoms with Crippen molar-refractivity contribution in [2.75, 3.05) is 7.05 Å². The molecule has 0 spiro atoms. The lowest BCUT2D eigenvalue weighted by atomic mass is 9.86. The fourth-order valence-corrected chi connectivity index (χ4v) is 3.13. The van der Waals surface area contributed by atoms with E-state index < -0.39 is 0 Å². The van der Waals surface area contributed by atoms with Gasteiger partial charge in [0.2, 0.25) is 0 Å². The summed E-state index contributed by atoms with van der Waals surface area (Å²) in [5.74, 6) is 0. The van der Waals surface area contributed by atoms with E-state index in [0.29, 0.717) is 0 Å². The molecule has 21 heavy (non-hydrogen) atoms. The van der Waals surface area contributed by atoms with Crippen molar-refractivity contribution in [1.29, 1.82) is 0 Å². The summed E-state index contributed by atoms with van der Waals surface area (Å²) in [6, 6.07) is 15.8. The molecule has 0 aliphatic heterocycles. The molecule has 0 aliphatic carbocycles. The van der Waals surface area contributed by atoms with Gasteiger partial charge in [-0.05, 0) is 54.1 Å². The molecule has 2 aromatic carbocycles. The highest BCUT2D eigenvalue weighted by molar-refractivity contribution is 5.45. The van der Waals surface area contributed by atoms with Crippen LogP contribution in [0.5, 0.6) is 0 Å². The number of benzene rings is 2. The van der Waals surface area contributed by atoms with E-state index >= 15 is 0 Å². The van der Waals surface area contributed by atoms with Gasteiger partial charge in [0.1, 0.15) is 0 Å². The molecule has 0 bridgehead atoms. The van der Waals surface area contributed by atoms with Crippen LogP contribution in [0.1, 0.15) is 54.6 Å². The third-order valence-corrected chi connectivity index (χ3v) is 4.29. The summed E-state index contributed by atoms with van der Waals surface area (Å²) in [6.07, 6.45) is 3.28. The summed E-state index contributed by atoms with van der Waals surface area (Å²) >= 11 is 0. The van der Waals surface area contributed by atoms with E-state index in [9.17, 15) is 0 Å². The monoisotopic (exact) mass is 281 g/mol. The first-order valence-corrected chi connectivity index (χ1v) is 8.11. The van der Waals surface area contributed by atoms with Crippen molar-refractivity contribution in [3.05, 3.63) is 70.3 Å². The highest BCUT2D eigenvalue weighted by Gasteiger charge is 2.19. The molecule has 0 saturated heterocycles. The highest BCUT2D eigenvalue weighted by atomic mass is 14.9. The first-order valence-electron chi connectivity index (χ1n) is 8.11. The van der Waals surface area contributed by atoms with Crippen LogP contribution in [0.25, 0.3) is 0 Å². The Morgan fingerprint density at radius 2 is 1.43 bits per heavy atom. The van der Waals surface area contributed by atoms with E-state index in [1.807, 2.05) is 0 Å². The maximum absolute atomic E-state index is 3.52. The van der Waals surface area contributed by atoms with E-state index in [1.54, 1.807) is 0 Å². The molecule has 2 rings (SSSR count). The normalized spacial score (nSPS) is 12.4. The molecule has 1 unspecified atom stereocenters. The maximum Gasteiger partial charge on any atom is 0.0579 e. The van der Waals surface area contributed by atoms with Crippen molar-refractivity contribution in [2.45, 2.75) is 46.1 Å². The summed E-state index contributed by atoms with van der Waals surface area (Å²) in [7, 11) is 2.06. The quantitative estimate of drug-likeness (QED) is 0.810. The van der Waals surface area contributed by atoms with Crippen LogP contribution in [0.3, 0.4) is 0 Å². The lowest BCUT2D eigenvalue weighted by Gasteiger charge is -2.24. The average molecular weight is 281 g/mol. The van der Waals surface area contributed by atoms with Crippen LogP contribution in [-0.2, 0) is 19.3 Å². The zero-order valence-electron chi connectivity index (χ0n) is 13.7. The van der Waals surface area contributed by atoms with Gasteiger partial charge in [-0.1, -0.05) is 63.2 Å². The van der Waals surface area contributed by atoms with E-state index in [2.05, 4.69) is 75.6 Å². The predicted octanol–water partition coefficient (Wildman–Crippen LogP) is 4.68. The van der Waals surface area contributed by atoms with Gasteiger partial charge in [0.05, 0.1) is 6.04 Å². The minimum atomic E-state index is 0.280. The Morgan fingerprint density at radius 1 is 0.857 bits per heavy atom. The molecule has 112 valence electrons. The lowest BCUT2D eigenvalue weighted by Crippen LogP contribution is -2.21. The number of hydrogen-bond acceptors (Lipinski definition) is 1. The fraction of sp³-hybridized carbons (Fsp3) is 0.400.